The molecule has 0 aliphatic rings. The molecule has 104 valence electrons. The lowest BCUT2D eigenvalue weighted by atomic mass is 10.0. The lowest BCUT2D eigenvalue weighted by Gasteiger charge is -2.14. The Morgan fingerprint density at radius 1 is 1.15 bits per heavy atom. The predicted molar refractivity (Wildman–Crippen MR) is 84.1 cm³/mol. The monoisotopic (exact) mass is 268 g/mol. The molecule has 0 saturated heterocycles. The highest BCUT2D eigenvalue weighted by atomic mass is 16.1. The van der Waals surface area contributed by atoms with Crippen LogP contribution in [0.5, 0.6) is 0 Å². The normalized spacial score (nSPS) is 10.6. The molecule has 3 nitrogen and oxygen atoms in total. The predicted octanol–water partition coefficient (Wildman–Crippen LogP) is 3.95. The molecule has 0 aliphatic heterocycles. The van der Waals surface area contributed by atoms with E-state index in [4.69, 9.17) is 5.73 Å². The number of hydrogen-bond donors (Lipinski definition) is 2. The average molecular weight is 268 g/mol. The van der Waals surface area contributed by atoms with Gasteiger partial charge >= 0.3 is 0 Å². The third kappa shape index (κ3) is 3.18. The van der Waals surface area contributed by atoms with E-state index in [1.165, 1.54) is 0 Å². The summed E-state index contributed by atoms with van der Waals surface area (Å²) in [6.07, 6.45) is 0. The fourth-order valence-corrected chi connectivity index (χ4v) is 2.25. The van der Waals surface area contributed by atoms with Gasteiger partial charge < -0.3 is 11.1 Å². The quantitative estimate of drug-likeness (QED) is 0.828. The fraction of sp³-hybridized carbons (Fsp3) is 0.235. The van der Waals surface area contributed by atoms with Gasteiger partial charge in [-0.15, -0.1) is 0 Å². The molecular formula is C17H20N2O. The van der Waals surface area contributed by atoms with E-state index in [1.807, 2.05) is 43.3 Å². The molecule has 0 bridgehead atoms. The second kappa shape index (κ2) is 5.78. The van der Waals surface area contributed by atoms with Crippen molar-refractivity contribution in [3.8, 4) is 0 Å². The largest absolute Gasteiger partial charge is 0.399 e. The van der Waals surface area contributed by atoms with Gasteiger partial charge in [0.2, 0.25) is 0 Å². The molecule has 0 aromatic heterocycles. The number of amides is 1. The van der Waals surface area contributed by atoms with E-state index in [9.17, 15) is 4.79 Å². The Labute approximate surface area is 119 Å². The lowest BCUT2D eigenvalue weighted by Crippen LogP contribution is -2.14. The highest BCUT2D eigenvalue weighted by molar-refractivity contribution is 6.05. The number of carbonyl (C=O) groups is 1. The van der Waals surface area contributed by atoms with Gasteiger partial charge in [-0.25, -0.2) is 0 Å². The topological polar surface area (TPSA) is 55.1 Å². The molecule has 20 heavy (non-hydrogen) atoms. The van der Waals surface area contributed by atoms with Crippen molar-refractivity contribution in [2.45, 2.75) is 26.7 Å². The summed E-state index contributed by atoms with van der Waals surface area (Å²) in [4.78, 5) is 12.3. The molecule has 3 N–H and O–H groups in total. The molecule has 0 unspecified atom stereocenters. The summed E-state index contributed by atoms with van der Waals surface area (Å²) in [6, 6.07) is 13.2. The van der Waals surface area contributed by atoms with Crippen LogP contribution in [0.4, 0.5) is 11.4 Å². The number of aryl methyl sites for hydroxylation is 1. The van der Waals surface area contributed by atoms with Gasteiger partial charge in [0, 0.05) is 16.9 Å². The van der Waals surface area contributed by atoms with E-state index < -0.39 is 0 Å². The number of benzene rings is 2. The average Bonchev–Trinajstić information content (AvgIpc) is 2.37. The zero-order valence-electron chi connectivity index (χ0n) is 12.1. The van der Waals surface area contributed by atoms with Gasteiger partial charge in [0.05, 0.1) is 0 Å². The Balaban J connectivity index is 2.28. The standard InChI is InChI=1S/C17H20N2O/c1-11(2)15-6-4-5-7-16(15)19-17(20)13-8-12(3)9-14(18)10-13/h4-11H,18H2,1-3H3,(H,19,20). The number of anilines is 2. The lowest BCUT2D eigenvalue weighted by molar-refractivity contribution is 0.102. The van der Waals surface area contributed by atoms with Crippen molar-refractivity contribution in [2.24, 2.45) is 0 Å². The van der Waals surface area contributed by atoms with Crippen LogP contribution in [-0.4, -0.2) is 5.91 Å². The Hall–Kier alpha value is -2.29. The summed E-state index contributed by atoms with van der Waals surface area (Å²) in [5, 5.41) is 2.97. The smallest absolute Gasteiger partial charge is 0.255 e. The van der Waals surface area contributed by atoms with Crippen molar-refractivity contribution in [1.82, 2.24) is 0 Å². The summed E-state index contributed by atoms with van der Waals surface area (Å²) in [7, 11) is 0. The SMILES string of the molecule is Cc1cc(N)cc(C(=O)Nc2ccccc2C(C)C)c1. The molecule has 2 rings (SSSR count). The van der Waals surface area contributed by atoms with Gasteiger partial charge in [-0.05, 0) is 48.2 Å². The molecular weight excluding hydrogens is 248 g/mol. The molecule has 0 radical (unpaired) electrons. The molecule has 1 amide bonds. The first-order chi connectivity index (χ1) is 9.47. The van der Waals surface area contributed by atoms with Crippen LogP contribution < -0.4 is 11.1 Å². The van der Waals surface area contributed by atoms with E-state index in [0.717, 1.165) is 16.8 Å². The van der Waals surface area contributed by atoms with Crippen LogP contribution in [0.3, 0.4) is 0 Å². The molecule has 0 fully saturated rings. The number of nitrogens with two attached hydrogens (primary N) is 1. The summed E-state index contributed by atoms with van der Waals surface area (Å²) in [5.41, 5.74) is 9.94. The zero-order chi connectivity index (χ0) is 14.7. The third-order valence-corrected chi connectivity index (χ3v) is 3.19. The van der Waals surface area contributed by atoms with E-state index in [2.05, 4.69) is 19.2 Å². The fourth-order valence-electron chi connectivity index (χ4n) is 2.25. The van der Waals surface area contributed by atoms with Crippen LogP contribution in [0, 0.1) is 6.92 Å². The number of para-hydroxylation sites is 1. The van der Waals surface area contributed by atoms with Gasteiger partial charge in [0.15, 0.2) is 0 Å². The van der Waals surface area contributed by atoms with Crippen molar-refractivity contribution in [3.63, 3.8) is 0 Å². The molecule has 3 heteroatoms. The van der Waals surface area contributed by atoms with Crippen molar-refractivity contribution in [1.29, 1.82) is 0 Å². The van der Waals surface area contributed by atoms with E-state index >= 15 is 0 Å². The Bertz CT molecular complexity index is 612. The summed E-state index contributed by atoms with van der Waals surface area (Å²) >= 11 is 0. The zero-order valence-corrected chi connectivity index (χ0v) is 12.1. The van der Waals surface area contributed by atoms with Crippen molar-refractivity contribution >= 4 is 17.3 Å². The van der Waals surface area contributed by atoms with Crippen molar-refractivity contribution in [3.05, 3.63) is 59.2 Å². The van der Waals surface area contributed by atoms with E-state index in [0.29, 0.717) is 17.2 Å². The van der Waals surface area contributed by atoms with Gasteiger partial charge in [-0.2, -0.15) is 0 Å². The molecule has 2 aromatic carbocycles. The van der Waals surface area contributed by atoms with Crippen molar-refractivity contribution in [2.75, 3.05) is 11.1 Å². The van der Waals surface area contributed by atoms with Gasteiger partial charge in [0.1, 0.15) is 0 Å². The van der Waals surface area contributed by atoms with E-state index in [1.54, 1.807) is 6.07 Å². The van der Waals surface area contributed by atoms with Crippen LogP contribution in [0.2, 0.25) is 0 Å². The number of nitrogens with one attached hydrogen (secondary N) is 1. The summed E-state index contributed by atoms with van der Waals surface area (Å²) < 4.78 is 0. The van der Waals surface area contributed by atoms with Gasteiger partial charge in [-0.1, -0.05) is 32.0 Å². The number of rotatable bonds is 3. The number of carbonyl (C=O) groups excluding carboxylic acids is 1. The number of nitrogen functional groups attached to an aromatic ring is 1. The Morgan fingerprint density at radius 3 is 2.50 bits per heavy atom. The first kappa shape index (κ1) is 14.1. The van der Waals surface area contributed by atoms with Crippen molar-refractivity contribution < 1.29 is 4.79 Å². The van der Waals surface area contributed by atoms with Crippen LogP contribution in [0.1, 0.15) is 41.3 Å². The van der Waals surface area contributed by atoms with Gasteiger partial charge in [-0.3, -0.25) is 4.79 Å². The Morgan fingerprint density at radius 2 is 1.85 bits per heavy atom. The highest BCUT2D eigenvalue weighted by Gasteiger charge is 2.11. The van der Waals surface area contributed by atoms with Crippen LogP contribution >= 0.6 is 0 Å². The summed E-state index contributed by atoms with van der Waals surface area (Å²) in [6.45, 7) is 6.14. The second-order valence-electron chi connectivity index (χ2n) is 5.33. The van der Waals surface area contributed by atoms with Crippen LogP contribution in [0.25, 0.3) is 0 Å². The van der Waals surface area contributed by atoms with E-state index in [-0.39, 0.29) is 5.91 Å². The molecule has 0 spiro atoms. The first-order valence-electron chi connectivity index (χ1n) is 6.75. The number of hydrogen-bond acceptors (Lipinski definition) is 2. The maximum absolute atomic E-state index is 12.3. The summed E-state index contributed by atoms with van der Waals surface area (Å²) in [5.74, 6) is 0.225. The molecule has 0 aliphatic carbocycles. The maximum Gasteiger partial charge on any atom is 0.255 e. The molecule has 0 heterocycles. The first-order valence-corrected chi connectivity index (χ1v) is 6.75. The maximum atomic E-state index is 12.3. The van der Waals surface area contributed by atoms with Crippen LogP contribution in [-0.2, 0) is 0 Å². The molecule has 0 atom stereocenters. The minimum atomic E-state index is -0.131. The molecule has 2 aromatic rings. The minimum absolute atomic E-state index is 0.131. The van der Waals surface area contributed by atoms with Crippen LogP contribution in [0.15, 0.2) is 42.5 Å². The highest BCUT2D eigenvalue weighted by Crippen LogP contribution is 2.24. The second-order valence-corrected chi connectivity index (χ2v) is 5.33. The minimum Gasteiger partial charge on any atom is -0.399 e. The molecule has 0 saturated carbocycles. The Kier molecular flexibility index (Phi) is 4.08. The third-order valence-electron chi connectivity index (χ3n) is 3.19. The van der Waals surface area contributed by atoms with Gasteiger partial charge in [0.25, 0.3) is 5.91 Å².